The van der Waals surface area contributed by atoms with E-state index in [0.717, 1.165) is 16.7 Å². The van der Waals surface area contributed by atoms with E-state index in [1.165, 1.54) is 0 Å². The number of phenols is 2. The highest BCUT2D eigenvalue weighted by Crippen LogP contribution is 2.36. The van der Waals surface area contributed by atoms with Gasteiger partial charge in [0.15, 0.2) is 0 Å². The number of rotatable bonds is 3. The van der Waals surface area contributed by atoms with Gasteiger partial charge in [0.05, 0.1) is 0 Å². The Bertz CT molecular complexity index is 595. The molecule has 0 amide bonds. The van der Waals surface area contributed by atoms with Crippen LogP contribution in [0, 0.1) is 0 Å². The van der Waals surface area contributed by atoms with Crippen molar-refractivity contribution in [2.24, 2.45) is 0 Å². The largest absolute Gasteiger partial charge is 0.508 e. The van der Waals surface area contributed by atoms with E-state index in [1.54, 1.807) is 12.1 Å². The van der Waals surface area contributed by atoms with Gasteiger partial charge >= 0.3 is 0 Å². The number of benzene rings is 2. The maximum Gasteiger partial charge on any atom is 0.119 e. The molecule has 2 N–H and O–H groups in total. The Morgan fingerprint density at radius 3 is 1.90 bits per heavy atom. The summed E-state index contributed by atoms with van der Waals surface area (Å²) in [4.78, 5) is 0. The number of hydrogen-bond donors (Lipinski definition) is 2. The standard InChI is InChI=1S/C18H22O2/c1-12(2)16-10-7-14(11-17(16)20)18(3,4)13-5-8-15(19)9-6-13/h5-12,19-20H,1-4H3. The van der Waals surface area contributed by atoms with Gasteiger partial charge in [-0.1, -0.05) is 52.0 Å². The molecule has 0 radical (unpaired) electrons. The van der Waals surface area contributed by atoms with Crippen LogP contribution in [-0.4, -0.2) is 10.2 Å². The van der Waals surface area contributed by atoms with Crippen LogP contribution in [0.15, 0.2) is 42.5 Å². The second-order valence-electron chi connectivity index (χ2n) is 6.10. The molecule has 0 heterocycles. The molecule has 0 bridgehead atoms. The minimum atomic E-state index is -0.222. The Kier molecular flexibility index (Phi) is 3.76. The van der Waals surface area contributed by atoms with E-state index in [4.69, 9.17) is 0 Å². The minimum absolute atomic E-state index is 0.222. The molecule has 106 valence electrons. The molecule has 0 aromatic heterocycles. The van der Waals surface area contributed by atoms with Crippen molar-refractivity contribution in [2.45, 2.75) is 39.0 Å². The van der Waals surface area contributed by atoms with Gasteiger partial charge in [-0.25, -0.2) is 0 Å². The van der Waals surface area contributed by atoms with Crippen molar-refractivity contribution in [1.82, 2.24) is 0 Å². The second kappa shape index (κ2) is 5.20. The molecule has 2 heteroatoms. The first-order chi connectivity index (χ1) is 9.32. The van der Waals surface area contributed by atoms with E-state index in [0.29, 0.717) is 11.7 Å². The van der Waals surface area contributed by atoms with Crippen molar-refractivity contribution in [3.8, 4) is 11.5 Å². The van der Waals surface area contributed by atoms with Crippen LogP contribution < -0.4 is 0 Å². The molecule has 0 unspecified atom stereocenters. The van der Waals surface area contributed by atoms with Crippen LogP contribution in [0.4, 0.5) is 0 Å². The molecule has 2 aromatic rings. The summed E-state index contributed by atoms with van der Waals surface area (Å²) in [5.74, 6) is 0.924. The fourth-order valence-electron chi connectivity index (χ4n) is 2.47. The lowest BCUT2D eigenvalue weighted by Crippen LogP contribution is -2.18. The van der Waals surface area contributed by atoms with Crippen LogP contribution in [0.3, 0.4) is 0 Å². The Hall–Kier alpha value is -1.96. The smallest absolute Gasteiger partial charge is 0.119 e. The zero-order chi connectivity index (χ0) is 14.9. The third-order valence-electron chi connectivity index (χ3n) is 3.96. The summed E-state index contributed by atoms with van der Waals surface area (Å²) in [6, 6.07) is 13.1. The van der Waals surface area contributed by atoms with Crippen LogP contribution >= 0.6 is 0 Å². The van der Waals surface area contributed by atoms with Gasteiger partial charge in [-0.3, -0.25) is 0 Å². The molecule has 0 aliphatic rings. The zero-order valence-corrected chi connectivity index (χ0v) is 12.5. The van der Waals surface area contributed by atoms with Crippen LogP contribution in [0.25, 0.3) is 0 Å². The Labute approximate surface area is 120 Å². The van der Waals surface area contributed by atoms with Crippen LogP contribution in [0.2, 0.25) is 0 Å². The average Bonchev–Trinajstić information content (AvgIpc) is 2.38. The van der Waals surface area contributed by atoms with Crippen molar-refractivity contribution in [2.75, 3.05) is 0 Å². The number of phenolic OH excluding ortho intramolecular Hbond substituents is 2. The van der Waals surface area contributed by atoms with Gasteiger partial charge in [-0.2, -0.15) is 0 Å². The highest BCUT2D eigenvalue weighted by atomic mass is 16.3. The van der Waals surface area contributed by atoms with E-state index >= 15 is 0 Å². The molecule has 2 rings (SSSR count). The SMILES string of the molecule is CC(C)c1ccc(C(C)(C)c2ccc(O)cc2)cc1O. The van der Waals surface area contributed by atoms with Gasteiger partial charge in [0.1, 0.15) is 11.5 Å². The predicted molar refractivity (Wildman–Crippen MR) is 82.4 cm³/mol. The highest BCUT2D eigenvalue weighted by molar-refractivity contribution is 5.45. The Morgan fingerprint density at radius 1 is 0.850 bits per heavy atom. The van der Waals surface area contributed by atoms with Crippen molar-refractivity contribution in [1.29, 1.82) is 0 Å². The first-order valence-electron chi connectivity index (χ1n) is 6.95. The summed E-state index contributed by atoms with van der Waals surface area (Å²) in [7, 11) is 0. The summed E-state index contributed by atoms with van der Waals surface area (Å²) in [5.41, 5.74) is 2.91. The highest BCUT2D eigenvalue weighted by Gasteiger charge is 2.24. The lowest BCUT2D eigenvalue weighted by Gasteiger charge is -2.27. The quantitative estimate of drug-likeness (QED) is 0.859. The first kappa shape index (κ1) is 14.4. The Balaban J connectivity index is 2.44. The van der Waals surface area contributed by atoms with E-state index in [-0.39, 0.29) is 11.2 Å². The normalized spacial score (nSPS) is 11.8. The fraction of sp³-hybridized carbons (Fsp3) is 0.333. The molecule has 20 heavy (non-hydrogen) atoms. The molecule has 0 spiro atoms. The molecule has 2 nitrogen and oxygen atoms in total. The molecule has 0 fully saturated rings. The molecular weight excluding hydrogens is 248 g/mol. The zero-order valence-electron chi connectivity index (χ0n) is 12.5. The van der Waals surface area contributed by atoms with Gasteiger partial charge in [0.2, 0.25) is 0 Å². The number of aromatic hydroxyl groups is 2. The predicted octanol–water partition coefficient (Wildman–Crippen LogP) is 4.55. The molecular formula is C18H22O2. The van der Waals surface area contributed by atoms with Crippen LogP contribution in [-0.2, 0) is 5.41 Å². The summed E-state index contributed by atoms with van der Waals surface area (Å²) in [6.07, 6.45) is 0. The van der Waals surface area contributed by atoms with Crippen LogP contribution in [0.1, 0.15) is 50.3 Å². The Morgan fingerprint density at radius 2 is 1.40 bits per heavy atom. The molecule has 0 aliphatic carbocycles. The molecule has 0 aliphatic heterocycles. The van der Waals surface area contributed by atoms with E-state index in [2.05, 4.69) is 33.8 Å². The van der Waals surface area contributed by atoms with E-state index in [1.807, 2.05) is 24.3 Å². The third kappa shape index (κ3) is 2.64. The maximum absolute atomic E-state index is 10.2. The molecule has 0 atom stereocenters. The summed E-state index contributed by atoms with van der Waals surface area (Å²) in [5, 5.41) is 19.6. The fourth-order valence-corrected chi connectivity index (χ4v) is 2.47. The maximum atomic E-state index is 10.2. The summed E-state index contributed by atoms with van der Waals surface area (Å²) >= 11 is 0. The van der Waals surface area contributed by atoms with Gasteiger partial charge in [0, 0.05) is 5.41 Å². The molecule has 0 saturated carbocycles. The topological polar surface area (TPSA) is 40.5 Å². The third-order valence-corrected chi connectivity index (χ3v) is 3.96. The molecule has 2 aromatic carbocycles. The first-order valence-corrected chi connectivity index (χ1v) is 6.95. The average molecular weight is 270 g/mol. The van der Waals surface area contributed by atoms with Crippen LogP contribution in [0.5, 0.6) is 11.5 Å². The monoisotopic (exact) mass is 270 g/mol. The molecule has 0 saturated heterocycles. The van der Waals surface area contributed by atoms with Crippen molar-refractivity contribution in [3.63, 3.8) is 0 Å². The van der Waals surface area contributed by atoms with Crippen molar-refractivity contribution < 1.29 is 10.2 Å². The van der Waals surface area contributed by atoms with E-state index in [9.17, 15) is 10.2 Å². The summed E-state index contributed by atoms with van der Waals surface area (Å²) in [6.45, 7) is 8.37. The lowest BCUT2D eigenvalue weighted by molar-refractivity contribution is 0.461. The lowest BCUT2D eigenvalue weighted by atomic mass is 9.77. The minimum Gasteiger partial charge on any atom is -0.508 e. The van der Waals surface area contributed by atoms with Gasteiger partial charge in [-0.15, -0.1) is 0 Å². The van der Waals surface area contributed by atoms with E-state index < -0.39 is 0 Å². The van der Waals surface area contributed by atoms with Gasteiger partial charge in [0.25, 0.3) is 0 Å². The number of hydrogen-bond acceptors (Lipinski definition) is 2. The van der Waals surface area contributed by atoms with Gasteiger partial charge in [-0.05, 0) is 40.8 Å². The second-order valence-corrected chi connectivity index (χ2v) is 6.10. The van der Waals surface area contributed by atoms with Gasteiger partial charge < -0.3 is 10.2 Å². The van der Waals surface area contributed by atoms with Crippen molar-refractivity contribution in [3.05, 3.63) is 59.2 Å². The van der Waals surface area contributed by atoms with Crippen molar-refractivity contribution >= 4 is 0 Å². The summed E-state index contributed by atoms with van der Waals surface area (Å²) < 4.78 is 0.